The molecule has 2 rings (SSSR count). The van der Waals surface area contributed by atoms with E-state index in [1.165, 1.54) is 0 Å². The van der Waals surface area contributed by atoms with Crippen LogP contribution in [-0.2, 0) is 4.79 Å². The zero-order valence-electron chi connectivity index (χ0n) is 11.9. The third-order valence-corrected chi connectivity index (χ3v) is 3.44. The van der Waals surface area contributed by atoms with E-state index in [4.69, 9.17) is 9.84 Å². The predicted molar refractivity (Wildman–Crippen MR) is 79.1 cm³/mol. The molecule has 0 aliphatic rings. The SMILES string of the molecule is COc1ccc2cc(C(C)NC(C)C(=O)O)ccc2c1. The summed E-state index contributed by atoms with van der Waals surface area (Å²) in [6.45, 7) is 3.61. The van der Waals surface area contributed by atoms with Gasteiger partial charge in [0, 0.05) is 6.04 Å². The van der Waals surface area contributed by atoms with Crippen LogP contribution in [0.2, 0.25) is 0 Å². The van der Waals surface area contributed by atoms with Crippen molar-refractivity contribution in [3.63, 3.8) is 0 Å². The molecule has 0 fully saturated rings. The molecule has 4 nitrogen and oxygen atoms in total. The van der Waals surface area contributed by atoms with Crippen LogP contribution < -0.4 is 10.1 Å². The normalized spacial score (nSPS) is 13.9. The monoisotopic (exact) mass is 273 g/mol. The summed E-state index contributed by atoms with van der Waals surface area (Å²) in [5.41, 5.74) is 1.07. The fourth-order valence-electron chi connectivity index (χ4n) is 2.18. The quantitative estimate of drug-likeness (QED) is 0.879. The van der Waals surface area contributed by atoms with Crippen molar-refractivity contribution in [2.45, 2.75) is 25.9 Å². The number of carboxylic acid groups (broad SMARTS) is 1. The highest BCUT2D eigenvalue weighted by molar-refractivity contribution is 5.84. The van der Waals surface area contributed by atoms with Crippen molar-refractivity contribution in [2.75, 3.05) is 7.11 Å². The Morgan fingerprint density at radius 1 is 1.15 bits per heavy atom. The number of nitrogens with one attached hydrogen (secondary N) is 1. The number of benzene rings is 2. The Morgan fingerprint density at radius 2 is 1.80 bits per heavy atom. The molecule has 2 aromatic rings. The van der Waals surface area contributed by atoms with Gasteiger partial charge in [-0.1, -0.05) is 18.2 Å². The maximum atomic E-state index is 10.9. The van der Waals surface area contributed by atoms with E-state index in [1.807, 2.05) is 37.3 Å². The summed E-state index contributed by atoms with van der Waals surface area (Å²) in [7, 11) is 1.65. The number of rotatable bonds is 5. The van der Waals surface area contributed by atoms with Crippen LogP contribution in [0, 0.1) is 0 Å². The molecule has 0 bridgehead atoms. The minimum atomic E-state index is -0.845. The van der Waals surface area contributed by atoms with Crippen LogP contribution in [0.5, 0.6) is 5.75 Å². The van der Waals surface area contributed by atoms with E-state index in [0.29, 0.717) is 0 Å². The molecular formula is C16H19NO3. The molecule has 2 atom stereocenters. The molecule has 0 radical (unpaired) electrons. The first kappa shape index (κ1) is 14.3. The fraction of sp³-hybridized carbons (Fsp3) is 0.312. The third kappa shape index (κ3) is 3.08. The van der Waals surface area contributed by atoms with Crippen LogP contribution in [0.4, 0.5) is 0 Å². The van der Waals surface area contributed by atoms with Crippen molar-refractivity contribution in [1.82, 2.24) is 5.32 Å². The smallest absolute Gasteiger partial charge is 0.320 e. The number of hydrogen-bond donors (Lipinski definition) is 2. The molecule has 0 saturated carbocycles. The predicted octanol–water partition coefficient (Wildman–Crippen LogP) is 2.97. The molecule has 20 heavy (non-hydrogen) atoms. The summed E-state index contributed by atoms with van der Waals surface area (Å²) in [4.78, 5) is 10.9. The van der Waals surface area contributed by atoms with Gasteiger partial charge in [0.2, 0.25) is 0 Å². The molecular weight excluding hydrogens is 254 g/mol. The molecule has 0 amide bonds. The number of fused-ring (bicyclic) bond motifs is 1. The van der Waals surface area contributed by atoms with Crippen LogP contribution in [0.15, 0.2) is 36.4 Å². The highest BCUT2D eigenvalue weighted by Gasteiger charge is 2.15. The van der Waals surface area contributed by atoms with E-state index in [-0.39, 0.29) is 6.04 Å². The molecule has 0 aliphatic carbocycles. The lowest BCUT2D eigenvalue weighted by Crippen LogP contribution is -2.35. The van der Waals surface area contributed by atoms with Gasteiger partial charge in [-0.2, -0.15) is 0 Å². The van der Waals surface area contributed by atoms with Crippen molar-refractivity contribution in [2.24, 2.45) is 0 Å². The van der Waals surface area contributed by atoms with Crippen LogP contribution in [-0.4, -0.2) is 24.2 Å². The van der Waals surface area contributed by atoms with Crippen molar-refractivity contribution < 1.29 is 14.6 Å². The molecule has 0 heterocycles. The molecule has 2 unspecified atom stereocenters. The molecule has 106 valence electrons. The Labute approximate surface area is 118 Å². The van der Waals surface area contributed by atoms with E-state index in [1.54, 1.807) is 14.0 Å². The topological polar surface area (TPSA) is 58.6 Å². The zero-order chi connectivity index (χ0) is 14.7. The lowest BCUT2D eigenvalue weighted by atomic mass is 10.0. The molecule has 2 aromatic carbocycles. The Balaban J connectivity index is 2.25. The number of hydrogen-bond acceptors (Lipinski definition) is 3. The van der Waals surface area contributed by atoms with E-state index >= 15 is 0 Å². The van der Waals surface area contributed by atoms with Crippen LogP contribution in [0.1, 0.15) is 25.5 Å². The summed E-state index contributed by atoms with van der Waals surface area (Å²) in [6.07, 6.45) is 0. The Kier molecular flexibility index (Phi) is 4.25. The number of carboxylic acids is 1. The lowest BCUT2D eigenvalue weighted by Gasteiger charge is -2.18. The van der Waals surface area contributed by atoms with Gasteiger partial charge in [0.15, 0.2) is 0 Å². The van der Waals surface area contributed by atoms with Crippen molar-refractivity contribution in [1.29, 1.82) is 0 Å². The summed E-state index contributed by atoms with van der Waals surface area (Å²) in [5.74, 6) is -0.0155. The maximum Gasteiger partial charge on any atom is 0.320 e. The molecule has 0 aliphatic heterocycles. The van der Waals surface area contributed by atoms with E-state index in [9.17, 15) is 4.79 Å². The molecule has 4 heteroatoms. The third-order valence-electron chi connectivity index (χ3n) is 3.44. The molecule has 0 aromatic heterocycles. The van der Waals surface area contributed by atoms with Crippen LogP contribution >= 0.6 is 0 Å². The van der Waals surface area contributed by atoms with Gasteiger partial charge in [-0.3, -0.25) is 10.1 Å². The second kappa shape index (κ2) is 5.92. The second-order valence-corrected chi connectivity index (χ2v) is 4.92. The molecule has 2 N–H and O–H groups in total. The zero-order valence-corrected chi connectivity index (χ0v) is 11.9. The first-order valence-electron chi connectivity index (χ1n) is 6.58. The van der Waals surface area contributed by atoms with Gasteiger partial charge >= 0.3 is 5.97 Å². The summed E-state index contributed by atoms with van der Waals surface area (Å²) in [5, 5.41) is 14.2. The van der Waals surface area contributed by atoms with Crippen molar-refractivity contribution in [3.05, 3.63) is 42.0 Å². The van der Waals surface area contributed by atoms with Crippen molar-refractivity contribution in [3.8, 4) is 5.75 Å². The second-order valence-electron chi connectivity index (χ2n) is 4.92. The highest BCUT2D eigenvalue weighted by Crippen LogP contribution is 2.24. The van der Waals surface area contributed by atoms with Gasteiger partial charge in [-0.15, -0.1) is 0 Å². The number of carbonyl (C=O) groups is 1. The number of methoxy groups -OCH3 is 1. The van der Waals surface area contributed by atoms with Gasteiger partial charge in [0.05, 0.1) is 7.11 Å². The van der Waals surface area contributed by atoms with Crippen LogP contribution in [0.25, 0.3) is 10.8 Å². The van der Waals surface area contributed by atoms with Crippen molar-refractivity contribution >= 4 is 16.7 Å². The Bertz CT molecular complexity index is 624. The number of aliphatic carboxylic acids is 1. The largest absolute Gasteiger partial charge is 0.497 e. The highest BCUT2D eigenvalue weighted by atomic mass is 16.5. The fourth-order valence-corrected chi connectivity index (χ4v) is 2.18. The molecule has 0 saturated heterocycles. The standard InChI is InChI=1S/C16H19NO3/c1-10(17-11(2)16(18)19)12-4-5-14-9-15(20-3)7-6-13(14)8-12/h4-11,17H,1-3H3,(H,18,19). The minimum Gasteiger partial charge on any atom is -0.497 e. The molecule has 0 spiro atoms. The maximum absolute atomic E-state index is 10.9. The average molecular weight is 273 g/mol. The summed E-state index contributed by atoms with van der Waals surface area (Å²) >= 11 is 0. The van der Waals surface area contributed by atoms with Gasteiger partial charge in [-0.25, -0.2) is 0 Å². The number of ether oxygens (including phenoxy) is 1. The van der Waals surface area contributed by atoms with Gasteiger partial charge in [0.25, 0.3) is 0 Å². The first-order valence-corrected chi connectivity index (χ1v) is 6.58. The minimum absolute atomic E-state index is 0.0207. The van der Waals surface area contributed by atoms with E-state index in [2.05, 4.69) is 11.4 Å². The summed E-state index contributed by atoms with van der Waals surface area (Å²) < 4.78 is 5.20. The Morgan fingerprint density at radius 3 is 2.45 bits per heavy atom. The lowest BCUT2D eigenvalue weighted by molar-refractivity contribution is -0.139. The van der Waals surface area contributed by atoms with E-state index < -0.39 is 12.0 Å². The van der Waals surface area contributed by atoms with E-state index in [0.717, 1.165) is 22.1 Å². The Hall–Kier alpha value is -2.07. The summed E-state index contributed by atoms with van der Waals surface area (Å²) in [6, 6.07) is 11.4. The van der Waals surface area contributed by atoms with Gasteiger partial charge in [-0.05, 0) is 48.4 Å². The van der Waals surface area contributed by atoms with Gasteiger partial charge in [0.1, 0.15) is 11.8 Å². The average Bonchev–Trinajstić information content (AvgIpc) is 2.45. The first-order chi connectivity index (χ1) is 9.51. The van der Waals surface area contributed by atoms with Gasteiger partial charge < -0.3 is 9.84 Å². The van der Waals surface area contributed by atoms with Crippen LogP contribution in [0.3, 0.4) is 0 Å².